The molecular formula is C12H22. The summed E-state index contributed by atoms with van der Waals surface area (Å²) in [4.78, 5) is 0. The minimum Gasteiger partial charge on any atom is -0.0730 e. The molecule has 0 fully saturated rings. The van der Waals surface area contributed by atoms with E-state index in [1.165, 1.54) is 31.3 Å². The van der Waals surface area contributed by atoms with Crippen LogP contribution in [0.1, 0.15) is 53.4 Å². The van der Waals surface area contributed by atoms with Crippen LogP contribution in [0.5, 0.6) is 0 Å². The molecule has 1 aliphatic carbocycles. The third-order valence-corrected chi connectivity index (χ3v) is 1.90. The van der Waals surface area contributed by atoms with Gasteiger partial charge in [0.15, 0.2) is 0 Å². The maximum Gasteiger partial charge on any atom is -0.0280 e. The van der Waals surface area contributed by atoms with E-state index in [9.17, 15) is 0 Å². The number of rotatable bonds is 1. The average molecular weight is 166 g/mol. The average Bonchev–Trinajstić information content (AvgIpc) is 2.07. The molecule has 1 rings (SSSR count). The molecule has 0 N–H and O–H groups in total. The molecular weight excluding hydrogens is 144 g/mol. The Morgan fingerprint density at radius 3 is 2.00 bits per heavy atom. The molecule has 0 aromatic carbocycles. The molecule has 0 nitrogen and oxygen atoms in total. The van der Waals surface area contributed by atoms with E-state index in [1.807, 2.05) is 0 Å². The highest BCUT2D eigenvalue weighted by Crippen LogP contribution is 2.19. The quantitative estimate of drug-likeness (QED) is 0.539. The van der Waals surface area contributed by atoms with Crippen LogP contribution in [0.3, 0.4) is 0 Å². The van der Waals surface area contributed by atoms with Gasteiger partial charge in [-0.25, -0.2) is 0 Å². The van der Waals surface area contributed by atoms with Crippen molar-refractivity contribution < 1.29 is 0 Å². The van der Waals surface area contributed by atoms with Crippen molar-refractivity contribution >= 4 is 0 Å². The zero-order valence-corrected chi connectivity index (χ0v) is 8.98. The van der Waals surface area contributed by atoms with Crippen LogP contribution in [0.2, 0.25) is 0 Å². The first-order valence-electron chi connectivity index (χ1n) is 5.09. The molecule has 0 aliphatic heterocycles. The Kier molecular flexibility index (Phi) is 6.84. The van der Waals surface area contributed by atoms with Crippen LogP contribution in [0, 0.1) is 0 Å². The van der Waals surface area contributed by atoms with E-state index in [2.05, 4.69) is 39.8 Å². The summed E-state index contributed by atoms with van der Waals surface area (Å²) < 4.78 is 0. The van der Waals surface area contributed by atoms with Gasteiger partial charge in [-0.05, 0) is 26.2 Å². The molecule has 0 radical (unpaired) electrons. The first-order valence-corrected chi connectivity index (χ1v) is 5.09. The van der Waals surface area contributed by atoms with Crippen LogP contribution >= 0.6 is 0 Å². The van der Waals surface area contributed by atoms with Gasteiger partial charge in [-0.3, -0.25) is 0 Å². The van der Waals surface area contributed by atoms with Gasteiger partial charge < -0.3 is 0 Å². The fraction of sp³-hybridized carbons (Fsp3) is 0.667. The van der Waals surface area contributed by atoms with E-state index < -0.39 is 0 Å². The lowest BCUT2D eigenvalue weighted by molar-refractivity contribution is 0.857. The van der Waals surface area contributed by atoms with Crippen LogP contribution in [0.15, 0.2) is 23.3 Å². The molecule has 0 spiro atoms. The lowest BCUT2D eigenvalue weighted by Gasteiger charge is -2.08. The normalized spacial score (nSPS) is 15.7. The minimum atomic E-state index is 1.23. The summed E-state index contributed by atoms with van der Waals surface area (Å²) in [7, 11) is 0. The Balaban J connectivity index is 0.000000354. The second kappa shape index (κ2) is 7.15. The Bertz CT molecular complexity index is 161. The standard InChI is InChI=1S/C9H14.C3H8/c1-3-9-6-4-8(2)5-7-9;1-3-2/h4,6H,3,5,7H2,1-2H3;3H2,1-2H3. The molecule has 0 aromatic rings. The first kappa shape index (κ1) is 11.5. The van der Waals surface area contributed by atoms with Crippen molar-refractivity contribution in [1.82, 2.24) is 0 Å². The van der Waals surface area contributed by atoms with Crippen molar-refractivity contribution in [3.05, 3.63) is 23.3 Å². The molecule has 0 unspecified atom stereocenters. The topological polar surface area (TPSA) is 0 Å². The van der Waals surface area contributed by atoms with Crippen molar-refractivity contribution in [2.24, 2.45) is 0 Å². The molecule has 12 heavy (non-hydrogen) atoms. The third kappa shape index (κ3) is 5.17. The molecule has 0 saturated carbocycles. The van der Waals surface area contributed by atoms with Gasteiger partial charge in [0.05, 0.1) is 0 Å². The highest BCUT2D eigenvalue weighted by Gasteiger charge is 1.99. The zero-order chi connectivity index (χ0) is 9.40. The van der Waals surface area contributed by atoms with Crippen LogP contribution in [-0.4, -0.2) is 0 Å². The Morgan fingerprint density at radius 2 is 1.67 bits per heavy atom. The number of hydrogen-bond donors (Lipinski definition) is 0. The summed E-state index contributed by atoms with van der Waals surface area (Å²) in [6, 6.07) is 0. The van der Waals surface area contributed by atoms with Gasteiger partial charge in [0.1, 0.15) is 0 Å². The highest BCUT2D eigenvalue weighted by molar-refractivity contribution is 5.22. The van der Waals surface area contributed by atoms with E-state index in [-0.39, 0.29) is 0 Å². The summed E-state index contributed by atoms with van der Waals surface area (Å²) in [5.74, 6) is 0. The van der Waals surface area contributed by atoms with Gasteiger partial charge in [-0.1, -0.05) is 50.5 Å². The predicted molar refractivity (Wildman–Crippen MR) is 57.3 cm³/mol. The van der Waals surface area contributed by atoms with Crippen LogP contribution in [0.4, 0.5) is 0 Å². The lowest BCUT2D eigenvalue weighted by atomic mass is 9.98. The van der Waals surface area contributed by atoms with Gasteiger partial charge in [0.2, 0.25) is 0 Å². The number of allylic oxidation sites excluding steroid dienone is 4. The molecule has 1 aliphatic rings. The highest BCUT2D eigenvalue weighted by atomic mass is 14.0. The van der Waals surface area contributed by atoms with Crippen molar-refractivity contribution in [1.29, 1.82) is 0 Å². The fourth-order valence-electron chi connectivity index (χ4n) is 1.08. The van der Waals surface area contributed by atoms with Crippen molar-refractivity contribution in [3.8, 4) is 0 Å². The van der Waals surface area contributed by atoms with Crippen LogP contribution in [-0.2, 0) is 0 Å². The molecule has 0 heteroatoms. The Labute approximate surface area is 77.4 Å². The van der Waals surface area contributed by atoms with Crippen molar-refractivity contribution in [3.63, 3.8) is 0 Å². The monoisotopic (exact) mass is 166 g/mol. The van der Waals surface area contributed by atoms with Crippen molar-refractivity contribution in [2.75, 3.05) is 0 Å². The van der Waals surface area contributed by atoms with Gasteiger partial charge in [-0.15, -0.1) is 0 Å². The van der Waals surface area contributed by atoms with Gasteiger partial charge in [-0.2, -0.15) is 0 Å². The second-order valence-electron chi connectivity index (χ2n) is 3.40. The summed E-state index contributed by atoms with van der Waals surface area (Å²) >= 11 is 0. The van der Waals surface area contributed by atoms with Gasteiger partial charge >= 0.3 is 0 Å². The summed E-state index contributed by atoms with van der Waals surface area (Å²) in [6.45, 7) is 8.67. The molecule has 0 heterocycles. The summed E-state index contributed by atoms with van der Waals surface area (Å²) in [6.07, 6.45) is 9.55. The smallest absolute Gasteiger partial charge is 0.0280 e. The predicted octanol–water partition coefficient (Wildman–Crippen LogP) is 4.48. The number of hydrogen-bond acceptors (Lipinski definition) is 0. The molecule has 0 aromatic heterocycles. The maximum atomic E-state index is 2.26. The van der Waals surface area contributed by atoms with E-state index in [4.69, 9.17) is 0 Å². The third-order valence-electron chi connectivity index (χ3n) is 1.90. The van der Waals surface area contributed by atoms with Crippen LogP contribution in [0.25, 0.3) is 0 Å². The maximum absolute atomic E-state index is 2.26. The molecule has 0 amide bonds. The van der Waals surface area contributed by atoms with Gasteiger partial charge in [0, 0.05) is 0 Å². The van der Waals surface area contributed by atoms with Gasteiger partial charge in [0.25, 0.3) is 0 Å². The SMILES string of the molecule is CCC.CCC1=CC=C(C)CC1. The minimum absolute atomic E-state index is 1.23. The Morgan fingerprint density at radius 1 is 1.08 bits per heavy atom. The molecule has 0 bridgehead atoms. The first-order chi connectivity index (χ1) is 5.74. The van der Waals surface area contributed by atoms with Crippen LogP contribution < -0.4 is 0 Å². The fourth-order valence-corrected chi connectivity index (χ4v) is 1.08. The molecule has 70 valence electrons. The second-order valence-corrected chi connectivity index (χ2v) is 3.40. The van der Waals surface area contributed by atoms with E-state index in [1.54, 1.807) is 5.57 Å². The largest absolute Gasteiger partial charge is 0.0730 e. The van der Waals surface area contributed by atoms with E-state index in [0.717, 1.165) is 0 Å². The van der Waals surface area contributed by atoms with E-state index >= 15 is 0 Å². The van der Waals surface area contributed by atoms with E-state index in [0.29, 0.717) is 0 Å². The van der Waals surface area contributed by atoms with Crippen molar-refractivity contribution in [2.45, 2.75) is 53.4 Å². The summed E-state index contributed by atoms with van der Waals surface area (Å²) in [5, 5.41) is 0. The Hall–Kier alpha value is -0.520. The summed E-state index contributed by atoms with van der Waals surface area (Å²) in [5.41, 5.74) is 3.12. The molecule has 0 atom stereocenters. The zero-order valence-electron chi connectivity index (χ0n) is 8.98. The molecule has 0 saturated heterocycles. The lowest BCUT2D eigenvalue weighted by Crippen LogP contribution is -1.88.